The van der Waals surface area contributed by atoms with Crippen LogP contribution in [0.15, 0.2) is 46.0 Å². The monoisotopic (exact) mass is 594 g/mol. The molecule has 4 aromatic rings. The topological polar surface area (TPSA) is 143 Å². The number of nitrogens with zero attached hydrogens (tertiary/aromatic N) is 5. The van der Waals surface area contributed by atoms with Crippen molar-refractivity contribution in [1.29, 1.82) is 0 Å². The second-order valence-electron chi connectivity index (χ2n) is 7.94. The molecule has 3 aromatic heterocycles. The van der Waals surface area contributed by atoms with Crippen LogP contribution in [0.2, 0.25) is 5.02 Å². The van der Waals surface area contributed by atoms with Crippen LogP contribution >= 0.6 is 27.5 Å². The van der Waals surface area contributed by atoms with Crippen molar-refractivity contribution in [2.24, 2.45) is 0 Å². The molecule has 0 amide bonds. The van der Waals surface area contributed by atoms with Gasteiger partial charge in [0.05, 0.1) is 12.0 Å². The number of carbonyl (C=O) groups is 2. The Hall–Kier alpha value is -3.62. The number of rotatable bonds is 6. The highest BCUT2D eigenvalue weighted by Gasteiger charge is 2.52. The summed E-state index contributed by atoms with van der Waals surface area (Å²) in [5.74, 6) is -1.39. The van der Waals surface area contributed by atoms with Crippen LogP contribution in [0, 0.1) is 5.82 Å². The van der Waals surface area contributed by atoms with E-state index in [0.717, 1.165) is 6.07 Å². The predicted octanol–water partition coefficient (Wildman–Crippen LogP) is 4.25. The molecule has 1 N–H and O–H groups in total. The molecule has 1 aromatic carbocycles. The molecule has 0 aliphatic carbocycles. The molecule has 1 aliphatic heterocycles. The summed E-state index contributed by atoms with van der Waals surface area (Å²) < 4.78 is 38.8. The molecule has 4 heterocycles. The molecule has 0 saturated carbocycles. The van der Waals surface area contributed by atoms with E-state index in [0.29, 0.717) is 4.60 Å². The van der Waals surface area contributed by atoms with E-state index in [1.165, 1.54) is 43.2 Å². The Kier molecular flexibility index (Phi) is 6.79. The van der Waals surface area contributed by atoms with Gasteiger partial charge in [-0.1, -0.05) is 16.8 Å². The molecule has 5 rings (SSSR count). The number of hydrogen-bond acceptors (Lipinski definition) is 11. The smallest absolute Gasteiger partial charge is 0.303 e. The van der Waals surface area contributed by atoms with Crippen molar-refractivity contribution >= 4 is 62.1 Å². The van der Waals surface area contributed by atoms with Crippen molar-refractivity contribution in [3.8, 4) is 0 Å². The summed E-state index contributed by atoms with van der Waals surface area (Å²) >= 11 is 9.05. The lowest BCUT2D eigenvalue weighted by Gasteiger charge is -2.23. The van der Waals surface area contributed by atoms with Gasteiger partial charge in [-0.15, -0.1) is 0 Å². The van der Waals surface area contributed by atoms with Crippen molar-refractivity contribution in [1.82, 2.24) is 24.7 Å². The maximum absolute atomic E-state index is 14.4. The van der Waals surface area contributed by atoms with Crippen LogP contribution in [0.25, 0.3) is 11.2 Å². The molecule has 192 valence electrons. The maximum atomic E-state index is 14.4. The maximum Gasteiger partial charge on any atom is 0.303 e. The average Bonchev–Trinajstić information content (AvgIpc) is 3.53. The zero-order valence-electron chi connectivity index (χ0n) is 19.1. The summed E-state index contributed by atoms with van der Waals surface area (Å²) in [5, 5.41) is 6.91. The lowest BCUT2D eigenvalue weighted by atomic mass is 10.1. The van der Waals surface area contributed by atoms with Gasteiger partial charge in [-0.25, -0.2) is 19.3 Å². The summed E-state index contributed by atoms with van der Waals surface area (Å²) in [6, 6.07) is 5.69. The summed E-state index contributed by atoms with van der Waals surface area (Å²) in [7, 11) is 0. The number of imidazole rings is 1. The molecule has 37 heavy (non-hydrogen) atoms. The van der Waals surface area contributed by atoms with E-state index in [9.17, 15) is 14.0 Å². The molecule has 12 nitrogen and oxygen atoms in total. The third-order valence-electron chi connectivity index (χ3n) is 5.39. The Balaban J connectivity index is 1.55. The number of aromatic nitrogens is 5. The van der Waals surface area contributed by atoms with E-state index in [1.54, 1.807) is 6.07 Å². The van der Waals surface area contributed by atoms with Crippen molar-refractivity contribution in [3.63, 3.8) is 0 Å². The number of esters is 2. The Morgan fingerprint density at radius 1 is 1.14 bits per heavy atom. The molecule has 1 aliphatic rings. The molecular formula is C22H17BrClFN6O6. The molecule has 0 unspecified atom stereocenters. The van der Waals surface area contributed by atoms with Crippen LogP contribution in [-0.2, 0) is 23.8 Å². The van der Waals surface area contributed by atoms with Crippen LogP contribution in [0.4, 0.5) is 15.9 Å². The van der Waals surface area contributed by atoms with Gasteiger partial charge >= 0.3 is 11.9 Å². The minimum atomic E-state index is -1.10. The molecule has 0 spiro atoms. The van der Waals surface area contributed by atoms with E-state index < -0.39 is 42.3 Å². The Morgan fingerprint density at radius 2 is 1.89 bits per heavy atom. The second-order valence-corrected chi connectivity index (χ2v) is 9.19. The standard InChI is InChI=1S/C22H17BrClFN6O6/c1-9(32)34-18-17(14-6-15(23)30-37-14)36-22(19(18)35-10(2)33)31-8-28-16-20(26-7-27-21(16)31)29-13-4-3-11(24)5-12(13)25/h3-8,17-19,22H,1-2H3,(H,26,27,29)/t17-,18+,19-,22-/m1/s1. The number of benzene rings is 1. The first-order valence-corrected chi connectivity index (χ1v) is 11.9. The average molecular weight is 596 g/mol. The van der Waals surface area contributed by atoms with Gasteiger partial charge in [0, 0.05) is 24.9 Å². The molecule has 1 saturated heterocycles. The molecule has 0 radical (unpaired) electrons. The number of ether oxygens (including phenoxy) is 3. The molecule has 4 atom stereocenters. The van der Waals surface area contributed by atoms with Gasteiger partial charge in [0.25, 0.3) is 0 Å². The van der Waals surface area contributed by atoms with Crippen molar-refractivity contribution in [2.45, 2.75) is 38.4 Å². The van der Waals surface area contributed by atoms with E-state index in [2.05, 4.69) is 41.4 Å². The highest BCUT2D eigenvalue weighted by Crippen LogP contribution is 2.44. The first-order valence-electron chi connectivity index (χ1n) is 10.7. The summed E-state index contributed by atoms with van der Waals surface area (Å²) in [6.45, 7) is 2.44. The van der Waals surface area contributed by atoms with Gasteiger partial charge in [-0.2, -0.15) is 0 Å². The Morgan fingerprint density at radius 3 is 2.57 bits per heavy atom. The van der Waals surface area contributed by atoms with Crippen molar-refractivity contribution in [3.05, 3.63) is 58.1 Å². The number of hydrogen-bond donors (Lipinski definition) is 1. The van der Waals surface area contributed by atoms with Crippen molar-refractivity contribution in [2.75, 3.05) is 5.32 Å². The number of carbonyl (C=O) groups excluding carboxylic acids is 2. The van der Waals surface area contributed by atoms with Gasteiger partial charge in [0.15, 0.2) is 47.3 Å². The lowest BCUT2D eigenvalue weighted by molar-refractivity contribution is -0.165. The van der Waals surface area contributed by atoms with Crippen LogP contribution in [-0.4, -0.2) is 48.8 Å². The minimum absolute atomic E-state index is 0.125. The highest BCUT2D eigenvalue weighted by atomic mass is 79.9. The summed E-state index contributed by atoms with van der Waals surface area (Å²) in [5.41, 5.74) is 0.673. The van der Waals surface area contributed by atoms with Gasteiger partial charge in [-0.05, 0) is 34.1 Å². The second kappa shape index (κ2) is 10.0. The third kappa shape index (κ3) is 4.99. The molecule has 0 bridgehead atoms. The first-order chi connectivity index (χ1) is 17.7. The Bertz CT molecular complexity index is 1500. The molecule has 15 heteroatoms. The van der Waals surface area contributed by atoms with Crippen LogP contribution in [0.3, 0.4) is 0 Å². The number of nitrogens with one attached hydrogen (secondary N) is 1. The van der Waals surface area contributed by atoms with E-state index in [-0.39, 0.29) is 33.5 Å². The number of halogens is 3. The van der Waals surface area contributed by atoms with Crippen LogP contribution < -0.4 is 5.32 Å². The fraction of sp³-hybridized carbons (Fsp3) is 0.273. The zero-order valence-corrected chi connectivity index (χ0v) is 21.4. The summed E-state index contributed by atoms with van der Waals surface area (Å²) in [6.07, 6.45) is -1.55. The quantitative estimate of drug-likeness (QED) is 0.320. The van der Waals surface area contributed by atoms with Gasteiger partial charge < -0.3 is 24.1 Å². The molecule has 1 fully saturated rings. The first kappa shape index (κ1) is 25.0. The van der Waals surface area contributed by atoms with Gasteiger partial charge in [0.1, 0.15) is 16.7 Å². The predicted molar refractivity (Wildman–Crippen MR) is 128 cm³/mol. The lowest BCUT2D eigenvalue weighted by Crippen LogP contribution is -2.36. The van der Waals surface area contributed by atoms with Crippen LogP contribution in [0.5, 0.6) is 0 Å². The zero-order chi connectivity index (χ0) is 26.3. The highest BCUT2D eigenvalue weighted by molar-refractivity contribution is 9.10. The number of fused-ring (bicyclic) bond motifs is 1. The van der Waals surface area contributed by atoms with E-state index >= 15 is 0 Å². The summed E-state index contributed by atoms with van der Waals surface area (Å²) in [4.78, 5) is 36.8. The van der Waals surface area contributed by atoms with E-state index in [4.69, 9.17) is 30.3 Å². The number of anilines is 2. The Labute approximate surface area is 221 Å². The fourth-order valence-electron chi connectivity index (χ4n) is 3.98. The SMILES string of the molecule is CC(=O)O[C@@H]1[C@@H](OC(C)=O)[C@H](n2cnc3c(Nc4ccc(Cl)cc4F)ncnc32)O[C@@H]1c1cc(Br)no1. The largest absolute Gasteiger partial charge is 0.455 e. The van der Waals surface area contributed by atoms with E-state index in [1.807, 2.05) is 0 Å². The van der Waals surface area contributed by atoms with Gasteiger partial charge in [0.2, 0.25) is 0 Å². The third-order valence-corrected chi connectivity index (χ3v) is 6.00. The van der Waals surface area contributed by atoms with Crippen molar-refractivity contribution < 1.29 is 32.7 Å². The van der Waals surface area contributed by atoms with Gasteiger partial charge in [-0.3, -0.25) is 14.2 Å². The minimum Gasteiger partial charge on any atom is -0.455 e. The normalized spacial score (nSPS) is 21.2. The van der Waals surface area contributed by atoms with Crippen LogP contribution in [0.1, 0.15) is 31.9 Å². The molecular weight excluding hydrogens is 579 g/mol. The fourth-order valence-corrected chi connectivity index (χ4v) is 4.44.